The van der Waals surface area contributed by atoms with Crippen LogP contribution in [-0.2, 0) is 26.2 Å². The second-order valence-corrected chi connectivity index (χ2v) is 4.44. The number of furan rings is 1. The van der Waals surface area contributed by atoms with Crippen LogP contribution in [0.15, 0.2) is 40.8 Å². The first-order valence-electron chi connectivity index (χ1n) is 5.83. The molecule has 0 aliphatic carbocycles. The van der Waals surface area contributed by atoms with Gasteiger partial charge in [0, 0.05) is 13.1 Å². The van der Waals surface area contributed by atoms with Crippen LogP contribution in [0.2, 0.25) is 0 Å². The molecule has 0 bridgehead atoms. The normalized spacial score (nSPS) is 15.1. The molecule has 2 heterocycles. The Hall–Kier alpha value is -1.58. The predicted molar refractivity (Wildman–Crippen MR) is 64.0 cm³/mol. The Labute approximate surface area is 100 Å². The molecule has 3 nitrogen and oxygen atoms in total. The maximum absolute atomic E-state index is 8.95. The Bertz CT molecular complexity index is 493. The minimum Gasteiger partial charge on any atom is -0.462 e. The minimum absolute atomic E-state index is 0.0276. The summed E-state index contributed by atoms with van der Waals surface area (Å²) in [6, 6.07) is 12.3. The molecule has 0 atom stereocenters. The van der Waals surface area contributed by atoms with Gasteiger partial charge in [-0.05, 0) is 23.3 Å². The number of nitrogens with zero attached hydrogens (tertiary/aromatic N) is 1. The van der Waals surface area contributed by atoms with Crippen molar-refractivity contribution in [3.8, 4) is 0 Å². The van der Waals surface area contributed by atoms with Crippen molar-refractivity contribution in [2.75, 3.05) is 0 Å². The number of benzene rings is 1. The molecule has 0 spiro atoms. The Morgan fingerprint density at radius 2 is 1.65 bits per heavy atom. The summed E-state index contributed by atoms with van der Waals surface area (Å²) in [5.74, 6) is 1.55. The number of hydrogen-bond acceptors (Lipinski definition) is 3. The standard InChI is InChI=1S/C14H15NO2/c16-10-14-6-5-13(17-14)9-15-7-11-3-1-2-4-12(11)8-15/h1-6,16H,7-10H2. The van der Waals surface area contributed by atoms with Crippen LogP contribution in [0.5, 0.6) is 0 Å². The maximum Gasteiger partial charge on any atom is 0.129 e. The molecule has 17 heavy (non-hydrogen) atoms. The first-order valence-corrected chi connectivity index (χ1v) is 5.83. The topological polar surface area (TPSA) is 36.6 Å². The lowest BCUT2D eigenvalue weighted by Crippen LogP contribution is -2.15. The maximum atomic E-state index is 8.95. The summed E-state index contributed by atoms with van der Waals surface area (Å²) in [4.78, 5) is 2.34. The van der Waals surface area contributed by atoms with Crippen LogP contribution in [0.3, 0.4) is 0 Å². The summed E-state index contributed by atoms with van der Waals surface area (Å²) in [5.41, 5.74) is 2.81. The van der Waals surface area contributed by atoms with Gasteiger partial charge in [-0.2, -0.15) is 0 Å². The lowest BCUT2D eigenvalue weighted by molar-refractivity contribution is 0.220. The lowest BCUT2D eigenvalue weighted by Gasteiger charge is -2.12. The monoisotopic (exact) mass is 229 g/mol. The van der Waals surface area contributed by atoms with E-state index in [4.69, 9.17) is 9.52 Å². The third kappa shape index (κ3) is 2.12. The largest absolute Gasteiger partial charge is 0.462 e. The molecule has 0 unspecified atom stereocenters. The Morgan fingerprint density at radius 3 is 2.24 bits per heavy atom. The fraction of sp³-hybridized carbons (Fsp3) is 0.286. The van der Waals surface area contributed by atoms with Gasteiger partial charge in [-0.1, -0.05) is 24.3 Å². The number of rotatable bonds is 3. The molecular formula is C14H15NO2. The van der Waals surface area contributed by atoms with Crippen LogP contribution < -0.4 is 0 Å². The van der Waals surface area contributed by atoms with Gasteiger partial charge in [-0.3, -0.25) is 4.90 Å². The minimum atomic E-state index is -0.0276. The van der Waals surface area contributed by atoms with E-state index in [0.717, 1.165) is 25.4 Å². The zero-order valence-corrected chi connectivity index (χ0v) is 9.60. The second-order valence-electron chi connectivity index (χ2n) is 4.44. The molecule has 1 aromatic heterocycles. The van der Waals surface area contributed by atoms with Crippen molar-refractivity contribution >= 4 is 0 Å². The second kappa shape index (κ2) is 4.35. The van der Waals surface area contributed by atoms with E-state index in [0.29, 0.717) is 5.76 Å². The molecule has 88 valence electrons. The zero-order valence-electron chi connectivity index (χ0n) is 9.60. The number of fused-ring (bicyclic) bond motifs is 1. The molecule has 3 heteroatoms. The van der Waals surface area contributed by atoms with Crippen LogP contribution >= 0.6 is 0 Å². The molecule has 0 saturated carbocycles. The lowest BCUT2D eigenvalue weighted by atomic mass is 10.1. The smallest absolute Gasteiger partial charge is 0.129 e. The van der Waals surface area contributed by atoms with Gasteiger partial charge in [0.15, 0.2) is 0 Å². The molecule has 1 aliphatic heterocycles. The number of hydrogen-bond donors (Lipinski definition) is 1. The third-order valence-electron chi connectivity index (χ3n) is 3.16. The van der Waals surface area contributed by atoms with Crippen LogP contribution in [0.1, 0.15) is 22.6 Å². The number of aliphatic hydroxyl groups excluding tert-OH is 1. The summed E-state index contributed by atoms with van der Waals surface area (Å²) >= 11 is 0. The first-order chi connectivity index (χ1) is 8.35. The molecule has 1 aromatic carbocycles. The fourth-order valence-electron chi connectivity index (χ4n) is 2.33. The molecule has 1 aliphatic rings. The van der Waals surface area contributed by atoms with Gasteiger partial charge in [-0.15, -0.1) is 0 Å². The van der Waals surface area contributed by atoms with E-state index >= 15 is 0 Å². The highest BCUT2D eigenvalue weighted by Crippen LogP contribution is 2.24. The molecule has 2 aromatic rings. The predicted octanol–water partition coefficient (Wildman–Crippen LogP) is 2.29. The van der Waals surface area contributed by atoms with Crippen molar-refractivity contribution in [1.29, 1.82) is 0 Å². The van der Waals surface area contributed by atoms with Gasteiger partial charge >= 0.3 is 0 Å². The van der Waals surface area contributed by atoms with Crippen LogP contribution in [0.25, 0.3) is 0 Å². The zero-order chi connectivity index (χ0) is 11.7. The van der Waals surface area contributed by atoms with Crippen molar-refractivity contribution in [2.24, 2.45) is 0 Å². The van der Waals surface area contributed by atoms with Gasteiger partial charge in [0.25, 0.3) is 0 Å². The summed E-state index contributed by atoms with van der Waals surface area (Å²) < 4.78 is 5.50. The average Bonchev–Trinajstić information content (AvgIpc) is 2.94. The molecule has 0 fully saturated rings. The van der Waals surface area contributed by atoms with Gasteiger partial charge in [0.05, 0.1) is 6.54 Å². The van der Waals surface area contributed by atoms with Crippen molar-refractivity contribution in [1.82, 2.24) is 4.90 Å². The molecule has 1 N–H and O–H groups in total. The van der Waals surface area contributed by atoms with E-state index in [9.17, 15) is 0 Å². The van der Waals surface area contributed by atoms with Crippen LogP contribution in [0, 0.1) is 0 Å². The van der Waals surface area contributed by atoms with Crippen LogP contribution in [-0.4, -0.2) is 10.0 Å². The van der Waals surface area contributed by atoms with Crippen molar-refractivity contribution < 1.29 is 9.52 Å². The quantitative estimate of drug-likeness (QED) is 0.877. The van der Waals surface area contributed by atoms with Gasteiger partial charge in [0.2, 0.25) is 0 Å². The summed E-state index contributed by atoms with van der Waals surface area (Å²) in [6.45, 7) is 2.73. The first kappa shape index (κ1) is 10.6. The summed E-state index contributed by atoms with van der Waals surface area (Å²) in [6.07, 6.45) is 0. The van der Waals surface area contributed by atoms with E-state index < -0.39 is 0 Å². The average molecular weight is 229 g/mol. The molecular weight excluding hydrogens is 214 g/mol. The van der Waals surface area contributed by atoms with E-state index in [-0.39, 0.29) is 6.61 Å². The summed E-state index contributed by atoms with van der Waals surface area (Å²) in [5, 5.41) is 8.95. The van der Waals surface area contributed by atoms with Crippen molar-refractivity contribution in [3.05, 3.63) is 59.0 Å². The highest BCUT2D eigenvalue weighted by molar-refractivity contribution is 5.30. The van der Waals surface area contributed by atoms with Gasteiger partial charge < -0.3 is 9.52 Å². The molecule has 3 rings (SSSR count). The fourth-order valence-corrected chi connectivity index (χ4v) is 2.33. The van der Waals surface area contributed by atoms with E-state index in [1.54, 1.807) is 0 Å². The van der Waals surface area contributed by atoms with Gasteiger partial charge in [-0.25, -0.2) is 0 Å². The Balaban J connectivity index is 1.69. The van der Waals surface area contributed by atoms with Crippen LogP contribution in [0.4, 0.5) is 0 Å². The summed E-state index contributed by atoms with van der Waals surface area (Å²) in [7, 11) is 0. The molecule has 0 saturated heterocycles. The number of aliphatic hydroxyl groups is 1. The van der Waals surface area contributed by atoms with E-state index in [1.807, 2.05) is 12.1 Å². The Kier molecular flexibility index (Phi) is 2.71. The van der Waals surface area contributed by atoms with E-state index in [1.165, 1.54) is 11.1 Å². The van der Waals surface area contributed by atoms with Gasteiger partial charge in [0.1, 0.15) is 18.1 Å². The van der Waals surface area contributed by atoms with Crippen molar-refractivity contribution in [2.45, 2.75) is 26.2 Å². The Morgan fingerprint density at radius 1 is 1.00 bits per heavy atom. The van der Waals surface area contributed by atoms with Crippen molar-refractivity contribution in [3.63, 3.8) is 0 Å². The molecule has 0 amide bonds. The molecule has 0 radical (unpaired) electrons. The third-order valence-corrected chi connectivity index (χ3v) is 3.16. The highest BCUT2D eigenvalue weighted by atomic mass is 16.4. The van der Waals surface area contributed by atoms with E-state index in [2.05, 4.69) is 29.2 Å². The SMILES string of the molecule is OCc1ccc(CN2Cc3ccccc3C2)o1. The highest BCUT2D eigenvalue weighted by Gasteiger charge is 2.19.